The second-order valence-electron chi connectivity index (χ2n) is 3.36. The number of esters is 1. The molecule has 1 aromatic rings. The Bertz CT molecular complexity index is 493. The summed E-state index contributed by atoms with van der Waals surface area (Å²) < 4.78 is 29.4. The summed E-state index contributed by atoms with van der Waals surface area (Å²) in [6, 6.07) is 5.81. The van der Waals surface area contributed by atoms with E-state index in [1.165, 1.54) is 45.3 Å². The van der Waals surface area contributed by atoms with Gasteiger partial charge >= 0.3 is 5.97 Å². The molecule has 0 N–H and O–H groups in total. The fraction of sp³-hybridized carbons (Fsp3) is 0.300. The number of hydrogen-bond acceptors (Lipinski definition) is 4. The summed E-state index contributed by atoms with van der Waals surface area (Å²) >= 11 is 0. The second-order valence-corrected chi connectivity index (χ2v) is 5.51. The lowest BCUT2D eigenvalue weighted by Gasteiger charge is -2.11. The van der Waals surface area contributed by atoms with Gasteiger partial charge in [-0.1, -0.05) is 6.07 Å². The van der Waals surface area contributed by atoms with Gasteiger partial charge < -0.3 is 4.74 Å². The largest absolute Gasteiger partial charge is 0.427 e. The number of hydrogen-bond donors (Lipinski definition) is 0. The van der Waals surface area contributed by atoms with Crippen LogP contribution in [0.4, 0.5) is 0 Å². The van der Waals surface area contributed by atoms with Gasteiger partial charge in [0, 0.05) is 27.1 Å². The minimum Gasteiger partial charge on any atom is -0.427 e. The highest BCUT2D eigenvalue weighted by Gasteiger charge is 2.17. The molecular formula is C10H13NO4S. The molecule has 0 fully saturated rings. The molecule has 88 valence electrons. The van der Waals surface area contributed by atoms with E-state index in [4.69, 9.17) is 4.74 Å². The second kappa shape index (κ2) is 4.63. The zero-order chi connectivity index (χ0) is 12.3. The third-order valence-electron chi connectivity index (χ3n) is 1.85. The van der Waals surface area contributed by atoms with Crippen LogP contribution in [-0.4, -0.2) is 32.8 Å². The number of carbonyl (C=O) groups is 1. The highest BCUT2D eigenvalue weighted by Crippen LogP contribution is 2.19. The molecular weight excluding hydrogens is 230 g/mol. The molecule has 0 atom stereocenters. The molecule has 0 bridgehead atoms. The molecule has 0 saturated heterocycles. The van der Waals surface area contributed by atoms with Crippen molar-refractivity contribution in [2.45, 2.75) is 11.8 Å². The number of nitrogens with zero attached hydrogens (tertiary/aromatic N) is 1. The van der Waals surface area contributed by atoms with E-state index in [2.05, 4.69) is 0 Å². The van der Waals surface area contributed by atoms with Crippen molar-refractivity contribution in [1.29, 1.82) is 0 Å². The summed E-state index contributed by atoms with van der Waals surface area (Å²) in [4.78, 5) is 10.8. The SMILES string of the molecule is CC(=O)Oc1cccc(S(=O)(=O)N(C)C)c1. The van der Waals surface area contributed by atoms with Gasteiger partial charge in [-0.25, -0.2) is 12.7 Å². The maximum atomic E-state index is 11.8. The molecule has 6 heteroatoms. The Labute approximate surface area is 94.7 Å². The van der Waals surface area contributed by atoms with Gasteiger partial charge in [0.25, 0.3) is 0 Å². The van der Waals surface area contributed by atoms with Gasteiger partial charge in [0.2, 0.25) is 10.0 Å². The monoisotopic (exact) mass is 243 g/mol. The maximum Gasteiger partial charge on any atom is 0.308 e. The molecule has 0 radical (unpaired) electrons. The van der Waals surface area contributed by atoms with E-state index in [1.807, 2.05) is 0 Å². The van der Waals surface area contributed by atoms with Crippen LogP contribution in [-0.2, 0) is 14.8 Å². The standard InChI is InChI=1S/C10H13NO4S/c1-8(12)15-9-5-4-6-10(7-9)16(13,14)11(2)3/h4-7H,1-3H3. The van der Waals surface area contributed by atoms with Crippen LogP contribution in [0.3, 0.4) is 0 Å². The molecule has 0 aliphatic rings. The molecule has 0 amide bonds. The zero-order valence-electron chi connectivity index (χ0n) is 9.30. The summed E-state index contributed by atoms with van der Waals surface area (Å²) in [6.07, 6.45) is 0. The van der Waals surface area contributed by atoms with Crippen molar-refractivity contribution in [2.24, 2.45) is 0 Å². The van der Waals surface area contributed by atoms with E-state index in [0.29, 0.717) is 0 Å². The molecule has 5 nitrogen and oxygen atoms in total. The van der Waals surface area contributed by atoms with Crippen molar-refractivity contribution < 1.29 is 17.9 Å². The smallest absolute Gasteiger partial charge is 0.308 e. The Hall–Kier alpha value is -1.40. The molecule has 1 aromatic carbocycles. The van der Waals surface area contributed by atoms with Gasteiger partial charge in [-0.3, -0.25) is 4.79 Å². The molecule has 16 heavy (non-hydrogen) atoms. The van der Waals surface area contributed by atoms with E-state index < -0.39 is 16.0 Å². The van der Waals surface area contributed by atoms with Crippen LogP contribution in [0.25, 0.3) is 0 Å². The van der Waals surface area contributed by atoms with Crippen LogP contribution in [0.15, 0.2) is 29.2 Å². The van der Waals surface area contributed by atoms with Gasteiger partial charge in [-0.15, -0.1) is 0 Å². The predicted molar refractivity (Wildman–Crippen MR) is 58.6 cm³/mol. The van der Waals surface area contributed by atoms with Gasteiger partial charge in [-0.2, -0.15) is 0 Å². The normalized spacial score (nSPS) is 11.5. The summed E-state index contributed by atoms with van der Waals surface area (Å²) in [5.41, 5.74) is 0. The fourth-order valence-electron chi connectivity index (χ4n) is 1.07. The van der Waals surface area contributed by atoms with Gasteiger partial charge in [0.1, 0.15) is 5.75 Å². The number of carbonyl (C=O) groups excluding carboxylic acids is 1. The first kappa shape index (κ1) is 12.7. The highest BCUT2D eigenvalue weighted by atomic mass is 32.2. The van der Waals surface area contributed by atoms with E-state index in [1.54, 1.807) is 0 Å². The van der Waals surface area contributed by atoms with Gasteiger partial charge in [0.15, 0.2) is 0 Å². The van der Waals surface area contributed by atoms with Crippen LogP contribution < -0.4 is 4.74 Å². The zero-order valence-corrected chi connectivity index (χ0v) is 10.1. The molecule has 0 aliphatic heterocycles. The molecule has 0 unspecified atom stereocenters. The minimum atomic E-state index is -3.49. The average Bonchev–Trinajstić information content (AvgIpc) is 2.16. The summed E-state index contributed by atoms with van der Waals surface area (Å²) in [5.74, 6) is -0.269. The lowest BCUT2D eigenvalue weighted by molar-refractivity contribution is -0.131. The van der Waals surface area contributed by atoms with E-state index in [0.717, 1.165) is 4.31 Å². The first-order valence-electron chi connectivity index (χ1n) is 4.55. The van der Waals surface area contributed by atoms with Crippen molar-refractivity contribution in [3.63, 3.8) is 0 Å². The average molecular weight is 243 g/mol. The lowest BCUT2D eigenvalue weighted by Crippen LogP contribution is -2.22. The first-order chi connectivity index (χ1) is 7.34. The number of rotatable bonds is 3. The third kappa shape index (κ3) is 2.80. The van der Waals surface area contributed by atoms with Crippen molar-refractivity contribution in [1.82, 2.24) is 4.31 Å². The molecule has 0 aliphatic carbocycles. The quantitative estimate of drug-likeness (QED) is 0.583. The number of sulfonamides is 1. The molecule has 1 rings (SSSR count). The van der Waals surface area contributed by atoms with Crippen molar-refractivity contribution >= 4 is 16.0 Å². The maximum absolute atomic E-state index is 11.8. The van der Waals surface area contributed by atoms with Crippen molar-refractivity contribution in [3.05, 3.63) is 24.3 Å². The Balaban J connectivity index is 3.13. The summed E-state index contributed by atoms with van der Waals surface area (Å²) in [7, 11) is -0.616. The van der Waals surface area contributed by atoms with Gasteiger partial charge in [0.05, 0.1) is 4.90 Å². The summed E-state index contributed by atoms with van der Waals surface area (Å²) in [5, 5.41) is 0. The van der Waals surface area contributed by atoms with Crippen LogP contribution in [0.1, 0.15) is 6.92 Å². The van der Waals surface area contributed by atoms with Crippen LogP contribution in [0, 0.1) is 0 Å². The third-order valence-corrected chi connectivity index (χ3v) is 3.66. The van der Waals surface area contributed by atoms with E-state index in [-0.39, 0.29) is 10.6 Å². The topological polar surface area (TPSA) is 63.7 Å². The molecule has 0 aromatic heterocycles. The highest BCUT2D eigenvalue weighted by molar-refractivity contribution is 7.89. The molecule has 0 spiro atoms. The fourth-order valence-corrected chi connectivity index (χ4v) is 2.01. The Kier molecular flexibility index (Phi) is 3.66. The Morgan fingerprint density at radius 2 is 1.94 bits per heavy atom. The molecule has 0 heterocycles. The Morgan fingerprint density at radius 3 is 2.44 bits per heavy atom. The van der Waals surface area contributed by atoms with Gasteiger partial charge in [-0.05, 0) is 12.1 Å². The van der Waals surface area contributed by atoms with Crippen LogP contribution in [0.5, 0.6) is 5.75 Å². The first-order valence-corrected chi connectivity index (χ1v) is 5.99. The number of benzene rings is 1. The van der Waals surface area contributed by atoms with Crippen molar-refractivity contribution in [3.8, 4) is 5.75 Å². The van der Waals surface area contributed by atoms with Crippen LogP contribution >= 0.6 is 0 Å². The van der Waals surface area contributed by atoms with Crippen molar-refractivity contribution in [2.75, 3.05) is 14.1 Å². The van der Waals surface area contributed by atoms with E-state index >= 15 is 0 Å². The minimum absolute atomic E-state index is 0.0938. The molecule has 0 saturated carbocycles. The van der Waals surface area contributed by atoms with Crippen LogP contribution in [0.2, 0.25) is 0 Å². The predicted octanol–water partition coefficient (Wildman–Crippen LogP) is 0.862. The Morgan fingerprint density at radius 1 is 1.31 bits per heavy atom. The number of ether oxygens (including phenoxy) is 1. The lowest BCUT2D eigenvalue weighted by atomic mass is 10.3. The summed E-state index contributed by atoms with van der Waals surface area (Å²) in [6.45, 7) is 1.26. The van der Waals surface area contributed by atoms with E-state index in [9.17, 15) is 13.2 Å².